The molecule has 2 aromatic heterocycles. The van der Waals surface area contributed by atoms with Gasteiger partial charge in [0.15, 0.2) is 0 Å². The predicted molar refractivity (Wildman–Crippen MR) is 111 cm³/mol. The van der Waals surface area contributed by atoms with Gasteiger partial charge in [0.25, 0.3) is 5.91 Å². The van der Waals surface area contributed by atoms with E-state index in [0.717, 1.165) is 17.0 Å². The van der Waals surface area contributed by atoms with Crippen molar-refractivity contribution in [3.05, 3.63) is 89.6 Å². The van der Waals surface area contributed by atoms with E-state index >= 15 is 0 Å². The smallest absolute Gasteiger partial charge is 0.350 e. The molecule has 1 amide bonds. The molecule has 11 heteroatoms. The third-order valence-corrected chi connectivity index (χ3v) is 6.67. The number of carbonyl (C=O) groups excluding carboxylic acids is 1. The standard InChI is InChI=1S/C22H15F4N3O3S/c23-18-6-5-16(10-17(18)22(24,25)26)33(31,32)15-3-1-13(2-4-15)11-28-21(30)20-9-14-12-27-8-7-19(14)29-20/h1-10,12,29H,11H2,(H,28,30). The van der Waals surface area contributed by atoms with Crippen LogP contribution in [-0.4, -0.2) is 24.3 Å². The number of sulfone groups is 1. The number of hydrogen-bond acceptors (Lipinski definition) is 4. The summed E-state index contributed by atoms with van der Waals surface area (Å²) >= 11 is 0. The van der Waals surface area contributed by atoms with Crippen LogP contribution >= 0.6 is 0 Å². The van der Waals surface area contributed by atoms with Crippen LogP contribution in [0.25, 0.3) is 10.9 Å². The summed E-state index contributed by atoms with van der Waals surface area (Å²) in [5.74, 6) is -1.94. The second kappa shape index (κ2) is 8.32. The Kier molecular flexibility index (Phi) is 5.66. The summed E-state index contributed by atoms with van der Waals surface area (Å²) in [5.41, 5.74) is -0.0148. The van der Waals surface area contributed by atoms with Crippen LogP contribution in [0.15, 0.2) is 76.8 Å². The third-order valence-electron chi connectivity index (χ3n) is 4.91. The predicted octanol–water partition coefficient (Wildman–Crippen LogP) is 4.48. The molecular formula is C22H15F4N3O3S. The van der Waals surface area contributed by atoms with Crippen LogP contribution in [0.1, 0.15) is 21.6 Å². The van der Waals surface area contributed by atoms with Crippen molar-refractivity contribution in [2.45, 2.75) is 22.5 Å². The Balaban J connectivity index is 1.49. The number of alkyl halides is 3. The highest BCUT2D eigenvalue weighted by atomic mass is 32.2. The molecule has 4 aromatic rings. The first-order chi connectivity index (χ1) is 15.6. The molecule has 0 saturated carbocycles. The van der Waals surface area contributed by atoms with Gasteiger partial charge in [0.1, 0.15) is 11.5 Å². The minimum absolute atomic E-state index is 0.0849. The van der Waals surface area contributed by atoms with Crippen LogP contribution in [0.5, 0.6) is 0 Å². The van der Waals surface area contributed by atoms with Gasteiger partial charge in [-0.2, -0.15) is 13.2 Å². The summed E-state index contributed by atoms with van der Waals surface area (Å²) in [6.45, 7) is 0.0849. The Hall–Kier alpha value is -3.73. The van der Waals surface area contributed by atoms with Gasteiger partial charge in [-0.25, -0.2) is 12.8 Å². The van der Waals surface area contributed by atoms with Crippen molar-refractivity contribution < 1.29 is 30.8 Å². The van der Waals surface area contributed by atoms with Crippen LogP contribution in [0.2, 0.25) is 0 Å². The van der Waals surface area contributed by atoms with Crippen LogP contribution in [0.3, 0.4) is 0 Å². The molecule has 0 spiro atoms. The van der Waals surface area contributed by atoms with E-state index in [4.69, 9.17) is 0 Å². The van der Waals surface area contributed by atoms with Crippen molar-refractivity contribution in [1.82, 2.24) is 15.3 Å². The van der Waals surface area contributed by atoms with Crippen molar-refractivity contribution >= 4 is 26.6 Å². The number of nitrogens with one attached hydrogen (secondary N) is 2. The first-order valence-electron chi connectivity index (χ1n) is 9.47. The highest BCUT2D eigenvalue weighted by molar-refractivity contribution is 7.91. The number of H-pyrrole nitrogens is 1. The molecule has 0 aliphatic heterocycles. The maximum atomic E-state index is 13.5. The quantitative estimate of drug-likeness (QED) is 0.328. The number of nitrogens with zero attached hydrogens (tertiary/aromatic N) is 1. The zero-order valence-corrected chi connectivity index (χ0v) is 17.5. The summed E-state index contributed by atoms with van der Waals surface area (Å²) in [6.07, 6.45) is -1.83. The third kappa shape index (κ3) is 4.58. The van der Waals surface area contributed by atoms with E-state index in [0.29, 0.717) is 17.3 Å². The van der Waals surface area contributed by atoms with Crippen molar-refractivity contribution in [3.63, 3.8) is 0 Å². The van der Waals surface area contributed by atoms with Crippen LogP contribution < -0.4 is 5.32 Å². The number of aromatic nitrogens is 2. The molecule has 170 valence electrons. The molecule has 2 heterocycles. The second-order valence-electron chi connectivity index (χ2n) is 7.12. The van der Waals surface area contributed by atoms with Gasteiger partial charge in [-0.3, -0.25) is 9.78 Å². The maximum Gasteiger partial charge on any atom is 0.419 e. The van der Waals surface area contributed by atoms with Gasteiger partial charge >= 0.3 is 6.18 Å². The Bertz CT molecular complexity index is 1410. The molecule has 0 aliphatic carbocycles. The fraction of sp³-hybridized carbons (Fsp3) is 0.0909. The lowest BCUT2D eigenvalue weighted by atomic mass is 10.2. The summed E-state index contributed by atoms with van der Waals surface area (Å²) in [5, 5.41) is 3.46. The molecule has 0 radical (unpaired) electrons. The van der Waals surface area contributed by atoms with Crippen LogP contribution in [0.4, 0.5) is 17.6 Å². The van der Waals surface area contributed by atoms with E-state index in [-0.39, 0.29) is 23.4 Å². The Morgan fingerprint density at radius 1 is 1.00 bits per heavy atom. The SMILES string of the molecule is O=C(NCc1ccc(S(=O)(=O)c2ccc(F)c(C(F)(F)F)c2)cc1)c1cc2cnccc2[nH]1. The zero-order valence-electron chi connectivity index (χ0n) is 16.7. The summed E-state index contributed by atoms with van der Waals surface area (Å²) in [4.78, 5) is 18.4. The molecule has 4 rings (SSSR count). The highest BCUT2D eigenvalue weighted by Crippen LogP contribution is 2.34. The van der Waals surface area contributed by atoms with Crippen LogP contribution in [0, 0.1) is 5.82 Å². The van der Waals surface area contributed by atoms with E-state index < -0.39 is 32.3 Å². The molecule has 0 fully saturated rings. The lowest BCUT2D eigenvalue weighted by molar-refractivity contribution is -0.140. The van der Waals surface area contributed by atoms with Gasteiger partial charge in [0.2, 0.25) is 9.84 Å². The molecule has 0 saturated heterocycles. The molecular weight excluding hydrogens is 462 g/mol. The number of pyridine rings is 1. The largest absolute Gasteiger partial charge is 0.419 e. The fourth-order valence-electron chi connectivity index (χ4n) is 3.18. The molecule has 0 aliphatic rings. The normalized spacial score (nSPS) is 12.1. The monoisotopic (exact) mass is 477 g/mol. The average Bonchev–Trinajstić information content (AvgIpc) is 3.21. The molecule has 6 nitrogen and oxygen atoms in total. The van der Waals surface area contributed by atoms with Gasteiger partial charge in [-0.15, -0.1) is 0 Å². The number of amides is 1. The van der Waals surface area contributed by atoms with E-state index in [2.05, 4.69) is 15.3 Å². The number of hydrogen-bond donors (Lipinski definition) is 2. The lowest BCUT2D eigenvalue weighted by Crippen LogP contribution is -2.23. The summed E-state index contributed by atoms with van der Waals surface area (Å²) in [6, 6.07) is 10.2. The van der Waals surface area contributed by atoms with E-state index in [1.165, 1.54) is 24.3 Å². The first kappa shape index (κ1) is 22.5. The number of halogens is 4. The second-order valence-corrected chi connectivity index (χ2v) is 9.07. The van der Waals surface area contributed by atoms with Crippen molar-refractivity contribution in [2.75, 3.05) is 0 Å². The maximum absolute atomic E-state index is 13.5. The van der Waals surface area contributed by atoms with E-state index in [1.54, 1.807) is 24.5 Å². The summed E-state index contributed by atoms with van der Waals surface area (Å²) in [7, 11) is -4.31. The molecule has 33 heavy (non-hydrogen) atoms. The van der Waals surface area contributed by atoms with Gasteiger partial charge in [0, 0.05) is 29.8 Å². The van der Waals surface area contributed by atoms with E-state index in [1.807, 2.05) is 0 Å². The Morgan fingerprint density at radius 2 is 1.70 bits per heavy atom. The molecule has 0 unspecified atom stereocenters. The van der Waals surface area contributed by atoms with Crippen LogP contribution in [-0.2, 0) is 22.6 Å². The Labute approximate surface area is 185 Å². The fourth-order valence-corrected chi connectivity index (χ4v) is 4.47. The highest BCUT2D eigenvalue weighted by Gasteiger charge is 2.35. The zero-order chi connectivity index (χ0) is 23.8. The Morgan fingerprint density at radius 3 is 2.36 bits per heavy atom. The van der Waals surface area contributed by atoms with Gasteiger partial charge < -0.3 is 10.3 Å². The number of rotatable bonds is 5. The van der Waals surface area contributed by atoms with Crippen molar-refractivity contribution in [2.24, 2.45) is 0 Å². The first-order valence-corrected chi connectivity index (χ1v) is 11.0. The topological polar surface area (TPSA) is 91.9 Å². The molecule has 0 bridgehead atoms. The number of aromatic amines is 1. The minimum Gasteiger partial charge on any atom is -0.350 e. The van der Waals surface area contributed by atoms with Crippen molar-refractivity contribution in [1.29, 1.82) is 0 Å². The molecule has 0 atom stereocenters. The van der Waals surface area contributed by atoms with Gasteiger partial charge in [-0.1, -0.05) is 12.1 Å². The van der Waals surface area contributed by atoms with E-state index in [9.17, 15) is 30.8 Å². The molecule has 2 aromatic carbocycles. The lowest BCUT2D eigenvalue weighted by Gasteiger charge is -2.11. The van der Waals surface area contributed by atoms with Gasteiger partial charge in [-0.05, 0) is 48.0 Å². The van der Waals surface area contributed by atoms with Crippen molar-refractivity contribution in [3.8, 4) is 0 Å². The minimum atomic E-state index is -5.03. The number of fused-ring (bicyclic) bond motifs is 1. The summed E-state index contributed by atoms with van der Waals surface area (Å²) < 4.78 is 77.7. The number of carbonyl (C=O) groups is 1. The van der Waals surface area contributed by atoms with Gasteiger partial charge in [0.05, 0.1) is 15.4 Å². The average molecular weight is 477 g/mol. The number of benzene rings is 2. The molecule has 2 N–H and O–H groups in total.